The van der Waals surface area contributed by atoms with Gasteiger partial charge in [-0.2, -0.15) is 5.26 Å². The molecule has 4 nitrogen and oxygen atoms in total. The highest BCUT2D eigenvalue weighted by atomic mass is 32.1. The van der Waals surface area contributed by atoms with Crippen LogP contribution < -0.4 is 10.1 Å². The SMILES string of the molecule is N#Cc1c(-c2ccccc2)csc1OCc1ccc(CNCc2ccncc2)cc1. The van der Waals surface area contributed by atoms with Gasteiger partial charge >= 0.3 is 0 Å². The van der Waals surface area contributed by atoms with Crippen LogP contribution in [0.4, 0.5) is 0 Å². The largest absolute Gasteiger partial charge is 0.478 e. The molecule has 2 heterocycles. The van der Waals surface area contributed by atoms with Crippen LogP contribution in [-0.4, -0.2) is 4.98 Å². The molecule has 0 bridgehead atoms. The normalized spacial score (nSPS) is 10.5. The first-order chi connectivity index (χ1) is 14.8. The Morgan fingerprint density at radius 1 is 0.867 bits per heavy atom. The predicted octanol–water partition coefficient (Wildman–Crippen LogP) is 5.55. The van der Waals surface area contributed by atoms with E-state index in [9.17, 15) is 5.26 Å². The van der Waals surface area contributed by atoms with Crippen molar-refractivity contribution >= 4 is 11.3 Å². The summed E-state index contributed by atoms with van der Waals surface area (Å²) in [5, 5.41) is 15.7. The van der Waals surface area contributed by atoms with E-state index in [4.69, 9.17) is 4.74 Å². The van der Waals surface area contributed by atoms with Gasteiger partial charge in [-0.25, -0.2) is 0 Å². The second kappa shape index (κ2) is 9.84. The monoisotopic (exact) mass is 411 g/mol. The Morgan fingerprint density at radius 2 is 1.53 bits per heavy atom. The van der Waals surface area contributed by atoms with Crippen molar-refractivity contribution in [3.63, 3.8) is 0 Å². The number of hydrogen-bond donors (Lipinski definition) is 1. The third kappa shape index (κ3) is 4.93. The lowest BCUT2D eigenvalue weighted by Gasteiger charge is -2.08. The summed E-state index contributed by atoms with van der Waals surface area (Å²) in [5.41, 5.74) is 6.06. The first kappa shape index (κ1) is 19.8. The smallest absolute Gasteiger partial charge is 0.192 e. The van der Waals surface area contributed by atoms with Gasteiger partial charge in [0.25, 0.3) is 0 Å². The van der Waals surface area contributed by atoms with E-state index in [1.54, 1.807) is 12.4 Å². The lowest BCUT2D eigenvalue weighted by atomic mass is 10.1. The number of aromatic nitrogens is 1. The van der Waals surface area contributed by atoms with Gasteiger partial charge in [0.05, 0.1) is 0 Å². The first-order valence-electron chi connectivity index (χ1n) is 9.71. The van der Waals surface area contributed by atoms with Crippen molar-refractivity contribution in [3.8, 4) is 22.3 Å². The van der Waals surface area contributed by atoms with E-state index in [2.05, 4.69) is 40.6 Å². The van der Waals surface area contributed by atoms with Crippen molar-refractivity contribution in [2.75, 3.05) is 0 Å². The van der Waals surface area contributed by atoms with E-state index >= 15 is 0 Å². The molecule has 0 saturated heterocycles. The molecule has 0 atom stereocenters. The van der Waals surface area contributed by atoms with Gasteiger partial charge in [0.15, 0.2) is 5.06 Å². The average Bonchev–Trinajstić information content (AvgIpc) is 3.23. The fourth-order valence-electron chi connectivity index (χ4n) is 3.14. The number of rotatable bonds is 8. The quantitative estimate of drug-likeness (QED) is 0.413. The van der Waals surface area contributed by atoms with Crippen LogP contribution in [0, 0.1) is 11.3 Å². The van der Waals surface area contributed by atoms with Crippen molar-refractivity contribution in [2.24, 2.45) is 0 Å². The number of pyridine rings is 1. The highest BCUT2D eigenvalue weighted by molar-refractivity contribution is 7.12. The molecule has 5 heteroatoms. The van der Waals surface area contributed by atoms with Crippen LogP contribution in [0.3, 0.4) is 0 Å². The molecule has 0 aliphatic carbocycles. The molecule has 0 aliphatic heterocycles. The Balaban J connectivity index is 1.33. The lowest BCUT2D eigenvalue weighted by molar-refractivity contribution is 0.315. The lowest BCUT2D eigenvalue weighted by Crippen LogP contribution is -2.12. The second-order valence-electron chi connectivity index (χ2n) is 6.85. The predicted molar refractivity (Wildman–Crippen MR) is 120 cm³/mol. The van der Waals surface area contributed by atoms with E-state index < -0.39 is 0 Å². The van der Waals surface area contributed by atoms with E-state index in [1.165, 1.54) is 22.5 Å². The minimum atomic E-state index is 0.439. The standard InChI is InChI=1S/C25H21N3OS/c26-14-23-24(22-4-2-1-3-5-22)18-30-25(23)29-17-21-8-6-19(7-9-21)15-28-16-20-10-12-27-13-11-20/h1-13,18,28H,15-17H2. The summed E-state index contributed by atoms with van der Waals surface area (Å²) < 4.78 is 5.97. The molecule has 4 rings (SSSR count). The van der Waals surface area contributed by atoms with E-state index in [0.717, 1.165) is 29.8 Å². The van der Waals surface area contributed by atoms with Gasteiger partial charge in [-0.05, 0) is 34.4 Å². The minimum Gasteiger partial charge on any atom is -0.478 e. The van der Waals surface area contributed by atoms with Gasteiger partial charge in [0.2, 0.25) is 0 Å². The number of thiophene rings is 1. The second-order valence-corrected chi connectivity index (χ2v) is 7.70. The van der Waals surface area contributed by atoms with Gasteiger partial charge in [-0.15, -0.1) is 11.3 Å². The molecule has 0 fully saturated rings. The molecular formula is C25H21N3OS. The maximum absolute atomic E-state index is 9.61. The van der Waals surface area contributed by atoms with Gasteiger partial charge in [-0.3, -0.25) is 4.98 Å². The molecule has 2 aromatic heterocycles. The van der Waals surface area contributed by atoms with Crippen LogP contribution in [0.5, 0.6) is 5.06 Å². The average molecular weight is 412 g/mol. The number of hydrogen-bond acceptors (Lipinski definition) is 5. The van der Waals surface area contributed by atoms with Crippen LogP contribution >= 0.6 is 11.3 Å². The molecule has 1 N–H and O–H groups in total. The fraction of sp³-hybridized carbons (Fsp3) is 0.120. The summed E-state index contributed by atoms with van der Waals surface area (Å²) in [7, 11) is 0. The van der Waals surface area contributed by atoms with Gasteiger partial charge in [0.1, 0.15) is 18.2 Å². The first-order valence-corrected chi connectivity index (χ1v) is 10.6. The molecule has 0 radical (unpaired) electrons. The van der Waals surface area contributed by atoms with Gasteiger partial charge in [-0.1, -0.05) is 54.6 Å². The van der Waals surface area contributed by atoms with Gasteiger partial charge < -0.3 is 10.1 Å². The maximum atomic E-state index is 9.61. The Bertz CT molecular complexity index is 1120. The summed E-state index contributed by atoms with van der Waals surface area (Å²) >= 11 is 1.47. The summed E-state index contributed by atoms with van der Waals surface area (Å²) in [5.74, 6) is 0. The Morgan fingerprint density at radius 3 is 2.23 bits per heavy atom. The third-order valence-corrected chi connectivity index (χ3v) is 5.64. The minimum absolute atomic E-state index is 0.439. The highest BCUT2D eigenvalue weighted by Gasteiger charge is 2.14. The summed E-state index contributed by atoms with van der Waals surface area (Å²) in [6, 6.07) is 24.6. The molecule has 0 aliphatic rings. The van der Waals surface area contributed by atoms with Crippen LogP contribution in [-0.2, 0) is 19.7 Å². The molecule has 30 heavy (non-hydrogen) atoms. The Kier molecular flexibility index (Phi) is 6.51. The molecule has 2 aromatic carbocycles. The van der Waals surface area contributed by atoms with Crippen molar-refractivity contribution in [2.45, 2.75) is 19.7 Å². The highest BCUT2D eigenvalue weighted by Crippen LogP contribution is 2.37. The molecule has 0 saturated carbocycles. The zero-order chi connectivity index (χ0) is 20.6. The Hall–Kier alpha value is -3.46. The van der Waals surface area contributed by atoms with Crippen LogP contribution in [0.1, 0.15) is 22.3 Å². The molecule has 0 unspecified atom stereocenters. The zero-order valence-electron chi connectivity index (χ0n) is 16.4. The molecule has 0 amide bonds. The van der Waals surface area contributed by atoms with Crippen molar-refractivity contribution in [1.82, 2.24) is 10.3 Å². The number of nitrogens with one attached hydrogen (secondary N) is 1. The number of ether oxygens (including phenoxy) is 1. The molecule has 4 aromatic rings. The number of benzene rings is 2. The van der Waals surface area contributed by atoms with E-state index in [1.807, 2.05) is 47.8 Å². The van der Waals surface area contributed by atoms with E-state index in [0.29, 0.717) is 17.2 Å². The van der Waals surface area contributed by atoms with Crippen molar-refractivity contribution < 1.29 is 4.74 Å². The zero-order valence-corrected chi connectivity index (χ0v) is 17.2. The molecule has 0 spiro atoms. The number of nitriles is 1. The van der Waals surface area contributed by atoms with Crippen LogP contribution in [0.15, 0.2) is 84.5 Å². The third-order valence-electron chi connectivity index (χ3n) is 4.75. The van der Waals surface area contributed by atoms with Crippen molar-refractivity contribution in [1.29, 1.82) is 5.26 Å². The van der Waals surface area contributed by atoms with Crippen LogP contribution in [0.25, 0.3) is 11.1 Å². The molecular weight excluding hydrogens is 390 g/mol. The Labute approximate surface area is 180 Å². The van der Waals surface area contributed by atoms with Crippen molar-refractivity contribution in [3.05, 3.63) is 107 Å². The summed E-state index contributed by atoms with van der Waals surface area (Å²) in [6.45, 7) is 2.05. The van der Waals surface area contributed by atoms with E-state index in [-0.39, 0.29) is 0 Å². The number of nitrogens with zero attached hydrogens (tertiary/aromatic N) is 2. The maximum Gasteiger partial charge on any atom is 0.192 e. The summed E-state index contributed by atoms with van der Waals surface area (Å²) in [6.07, 6.45) is 3.61. The topological polar surface area (TPSA) is 57.9 Å². The van der Waals surface area contributed by atoms with Gasteiger partial charge in [0, 0.05) is 36.4 Å². The van der Waals surface area contributed by atoms with Crippen LogP contribution in [0.2, 0.25) is 0 Å². The molecule has 148 valence electrons. The fourth-order valence-corrected chi connectivity index (χ4v) is 4.02. The summed E-state index contributed by atoms with van der Waals surface area (Å²) in [4.78, 5) is 4.03.